The summed E-state index contributed by atoms with van der Waals surface area (Å²) < 4.78 is 13.1. The first-order chi connectivity index (χ1) is 15.5. The minimum atomic E-state index is -0.506. The molecule has 0 saturated heterocycles. The van der Waals surface area contributed by atoms with Crippen LogP contribution >= 0.6 is 31.9 Å². The van der Waals surface area contributed by atoms with Crippen LogP contribution in [-0.2, 0) is 11.4 Å². The summed E-state index contributed by atoms with van der Waals surface area (Å²) in [6, 6.07) is 22.2. The number of nitrogens with one attached hydrogen (secondary N) is 1. The summed E-state index contributed by atoms with van der Waals surface area (Å²) in [5.41, 5.74) is 2.13. The molecule has 0 aliphatic carbocycles. The summed E-state index contributed by atoms with van der Waals surface area (Å²) in [6.45, 7) is 2.80. The van der Waals surface area contributed by atoms with E-state index in [2.05, 4.69) is 37.2 Å². The standard InChI is InChI=1S/C25H20Br2N2O3/c1-2-31-22-10-8-21(9-11-22)29-25(30)19(15-28)13-18-14-20(26)7-12-24(18)32-16-17-5-3-4-6-23(17)27/h3-14H,2,16H2,1H3,(H,29,30)/b19-13+. The quantitative estimate of drug-likeness (QED) is 0.247. The number of nitriles is 1. The monoisotopic (exact) mass is 554 g/mol. The van der Waals surface area contributed by atoms with Crippen molar-refractivity contribution in [2.45, 2.75) is 13.5 Å². The van der Waals surface area contributed by atoms with Gasteiger partial charge >= 0.3 is 0 Å². The van der Waals surface area contributed by atoms with Crippen LogP contribution in [0.3, 0.4) is 0 Å². The van der Waals surface area contributed by atoms with Gasteiger partial charge in [-0.1, -0.05) is 50.1 Å². The van der Waals surface area contributed by atoms with Crippen LogP contribution in [0.4, 0.5) is 5.69 Å². The number of carbonyl (C=O) groups is 1. The fraction of sp³-hybridized carbons (Fsp3) is 0.120. The van der Waals surface area contributed by atoms with E-state index in [1.54, 1.807) is 36.4 Å². The van der Waals surface area contributed by atoms with Crippen LogP contribution in [0.1, 0.15) is 18.1 Å². The number of anilines is 1. The summed E-state index contributed by atoms with van der Waals surface area (Å²) in [4.78, 5) is 12.7. The molecule has 0 fully saturated rings. The minimum Gasteiger partial charge on any atom is -0.494 e. The van der Waals surface area contributed by atoms with Gasteiger partial charge < -0.3 is 14.8 Å². The Morgan fingerprint density at radius 1 is 1.06 bits per heavy atom. The van der Waals surface area contributed by atoms with E-state index < -0.39 is 5.91 Å². The average molecular weight is 556 g/mol. The second-order valence-corrected chi connectivity index (χ2v) is 8.41. The zero-order valence-electron chi connectivity index (χ0n) is 17.3. The fourth-order valence-corrected chi connectivity index (χ4v) is 3.62. The molecule has 0 radical (unpaired) electrons. The van der Waals surface area contributed by atoms with E-state index in [0.717, 1.165) is 14.5 Å². The predicted octanol–water partition coefficient (Wildman–Crippen LogP) is 6.73. The molecular weight excluding hydrogens is 536 g/mol. The Hall–Kier alpha value is -3.08. The lowest BCUT2D eigenvalue weighted by Crippen LogP contribution is -2.13. The van der Waals surface area contributed by atoms with Crippen LogP contribution in [-0.4, -0.2) is 12.5 Å². The van der Waals surface area contributed by atoms with Crippen LogP contribution in [0.2, 0.25) is 0 Å². The van der Waals surface area contributed by atoms with Gasteiger partial charge in [-0.15, -0.1) is 0 Å². The lowest BCUT2D eigenvalue weighted by molar-refractivity contribution is -0.112. The van der Waals surface area contributed by atoms with Gasteiger partial charge in [0.2, 0.25) is 0 Å². The topological polar surface area (TPSA) is 71.3 Å². The van der Waals surface area contributed by atoms with Gasteiger partial charge in [-0.3, -0.25) is 4.79 Å². The summed E-state index contributed by atoms with van der Waals surface area (Å²) in [5.74, 6) is 0.765. The second-order valence-electron chi connectivity index (χ2n) is 6.64. The maximum atomic E-state index is 12.7. The third-order valence-corrected chi connectivity index (χ3v) is 5.67. The van der Waals surface area contributed by atoms with Gasteiger partial charge in [0, 0.05) is 25.8 Å². The third-order valence-electron chi connectivity index (χ3n) is 4.40. The van der Waals surface area contributed by atoms with Crippen LogP contribution in [0.15, 0.2) is 81.2 Å². The van der Waals surface area contributed by atoms with Crippen LogP contribution in [0.5, 0.6) is 11.5 Å². The Labute approximate surface area is 203 Å². The first kappa shape index (κ1) is 23.6. The molecular formula is C25H20Br2N2O3. The van der Waals surface area contributed by atoms with E-state index in [9.17, 15) is 10.1 Å². The van der Waals surface area contributed by atoms with Crippen molar-refractivity contribution in [3.05, 3.63) is 92.4 Å². The molecule has 0 atom stereocenters. The first-order valence-corrected chi connectivity index (χ1v) is 11.4. The molecule has 0 spiro atoms. The molecule has 3 rings (SSSR count). The fourth-order valence-electron chi connectivity index (χ4n) is 2.84. The lowest BCUT2D eigenvalue weighted by atomic mass is 10.1. The highest BCUT2D eigenvalue weighted by molar-refractivity contribution is 9.10. The molecule has 1 amide bonds. The molecule has 3 aromatic carbocycles. The summed E-state index contributed by atoms with van der Waals surface area (Å²) in [6.07, 6.45) is 1.52. The first-order valence-electron chi connectivity index (χ1n) is 9.82. The van der Waals surface area contributed by atoms with Crippen LogP contribution < -0.4 is 14.8 Å². The van der Waals surface area contributed by atoms with Gasteiger partial charge in [0.1, 0.15) is 29.7 Å². The Bertz CT molecular complexity index is 1170. The number of benzene rings is 3. The average Bonchev–Trinajstić information content (AvgIpc) is 2.79. The predicted molar refractivity (Wildman–Crippen MR) is 132 cm³/mol. The van der Waals surface area contributed by atoms with Gasteiger partial charge in [-0.05, 0) is 61.5 Å². The Balaban J connectivity index is 1.79. The molecule has 0 aliphatic heterocycles. The molecule has 0 unspecified atom stereocenters. The van der Waals surface area contributed by atoms with Crippen molar-refractivity contribution in [1.82, 2.24) is 0 Å². The SMILES string of the molecule is CCOc1ccc(NC(=O)/C(C#N)=C/c2cc(Br)ccc2OCc2ccccc2Br)cc1. The number of nitrogens with zero attached hydrogens (tertiary/aromatic N) is 1. The van der Waals surface area contributed by atoms with E-state index in [1.165, 1.54) is 6.08 Å². The number of amides is 1. The van der Waals surface area contributed by atoms with Crippen molar-refractivity contribution in [3.8, 4) is 17.6 Å². The van der Waals surface area contributed by atoms with Crippen molar-refractivity contribution in [2.24, 2.45) is 0 Å². The third kappa shape index (κ3) is 6.46. The molecule has 0 aromatic heterocycles. The van der Waals surface area contributed by atoms with E-state index in [-0.39, 0.29) is 5.57 Å². The summed E-state index contributed by atoms with van der Waals surface area (Å²) in [5, 5.41) is 12.3. The maximum absolute atomic E-state index is 12.7. The van der Waals surface area contributed by atoms with Crippen LogP contribution in [0.25, 0.3) is 6.08 Å². The van der Waals surface area contributed by atoms with Gasteiger partial charge in [0.05, 0.1) is 6.61 Å². The van der Waals surface area contributed by atoms with Gasteiger partial charge in [0.25, 0.3) is 5.91 Å². The minimum absolute atomic E-state index is 0.0391. The van der Waals surface area contributed by atoms with Gasteiger partial charge in [0.15, 0.2) is 0 Å². The second kappa shape index (κ2) is 11.5. The highest BCUT2D eigenvalue weighted by Crippen LogP contribution is 2.28. The molecule has 5 nitrogen and oxygen atoms in total. The van der Waals surface area contributed by atoms with E-state index in [4.69, 9.17) is 9.47 Å². The Morgan fingerprint density at radius 3 is 2.50 bits per heavy atom. The number of ether oxygens (including phenoxy) is 2. The zero-order valence-corrected chi connectivity index (χ0v) is 20.4. The van der Waals surface area contributed by atoms with E-state index >= 15 is 0 Å². The van der Waals surface area contributed by atoms with E-state index in [0.29, 0.717) is 36.0 Å². The van der Waals surface area contributed by atoms with Gasteiger partial charge in [-0.2, -0.15) is 5.26 Å². The smallest absolute Gasteiger partial charge is 0.266 e. The Morgan fingerprint density at radius 2 is 1.81 bits per heavy atom. The highest BCUT2D eigenvalue weighted by Gasteiger charge is 2.13. The van der Waals surface area contributed by atoms with Crippen molar-refractivity contribution in [3.63, 3.8) is 0 Å². The molecule has 0 saturated carbocycles. The van der Waals surface area contributed by atoms with Crippen molar-refractivity contribution in [1.29, 1.82) is 5.26 Å². The Kier molecular flexibility index (Phi) is 8.48. The summed E-state index contributed by atoms with van der Waals surface area (Å²) >= 11 is 6.95. The molecule has 0 heterocycles. The van der Waals surface area contributed by atoms with Crippen molar-refractivity contribution >= 4 is 49.5 Å². The molecule has 32 heavy (non-hydrogen) atoms. The summed E-state index contributed by atoms with van der Waals surface area (Å²) in [7, 11) is 0. The number of hydrogen-bond acceptors (Lipinski definition) is 4. The van der Waals surface area contributed by atoms with E-state index in [1.807, 2.05) is 43.3 Å². The molecule has 1 N–H and O–H groups in total. The number of carbonyl (C=O) groups excluding carboxylic acids is 1. The van der Waals surface area contributed by atoms with Gasteiger partial charge in [-0.25, -0.2) is 0 Å². The highest BCUT2D eigenvalue weighted by atomic mass is 79.9. The number of hydrogen-bond donors (Lipinski definition) is 1. The van der Waals surface area contributed by atoms with Crippen LogP contribution in [0, 0.1) is 11.3 Å². The molecule has 0 aliphatic rings. The zero-order chi connectivity index (χ0) is 22.9. The number of rotatable bonds is 8. The van der Waals surface area contributed by atoms with Crippen molar-refractivity contribution in [2.75, 3.05) is 11.9 Å². The normalized spacial score (nSPS) is 10.9. The molecule has 7 heteroatoms. The maximum Gasteiger partial charge on any atom is 0.266 e. The molecule has 162 valence electrons. The molecule has 0 bridgehead atoms. The van der Waals surface area contributed by atoms with Crippen molar-refractivity contribution < 1.29 is 14.3 Å². The lowest BCUT2D eigenvalue weighted by Gasteiger charge is -2.12. The largest absolute Gasteiger partial charge is 0.494 e. The number of halogens is 2. The molecule has 3 aromatic rings.